The number of carbonyl (C=O) groups excluding carboxylic acids is 1. The Morgan fingerprint density at radius 3 is 2.95 bits per heavy atom. The minimum absolute atomic E-state index is 0.0804. The first kappa shape index (κ1) is 13.4. The van der Waals surface area contributed by atoms with Crippen molar-refractivity contribution in [3.05, 3.63) is 46.5 Å². The van der Waals surface area contributed by atoms with Gasteiger partial charge in [-0.15, -0.1) is 11.3 Å². The summed E-state index contributed by atoms with van der Waals surface area (Å²) in [5, 5.41) is 5.00. The molecule has 0 aliphatic heterocycles. The summed E-state index contributed by atoms with van der Waals surface area (Å²) in [4.78, 5) is 15.4. The molecule has 0 spiro atoms. The maximum Gasteiger partial charge on any atom is 0.234 e. The van der Waals surface area contributed by atoms with Crippen LogP contribution in [0.25, 0.3) is 0 Å². The first-order valence-corrected chi connectivity index (χ1v) is 7.75. The summed E-state index contributed by atoms with van der Waals surface area (Å²) in [5.41, 5.74) is 0. The van der Waals surface area contributed by atoms with E-state index in [-0.39, 0.29) is 5.91 Å². The van der Waals surface area contributed by atoms with E-state index in [0.717, 1.165) is 5.76 Å². The van der Waals surface area contributed by atoms with Gasteiger partial charge >= 0.3 is 0 Å². The minimum atomic E-state index is 0.0804. The Balaban J connectivity index is 1.49. The zero-order valence-corrected chi connectivity index (χ0v) is 12.1. The minimum Gasteiger partial charge on any atom is -0.468 e. The van der Waals surface area contributed by atoms with Crippen molar-refractivity contribution in [3.8, 4) is 0 Å². The van der Waals surface area contributed by atoms with Crippen LogP contribution in [0.5, 0.6) is 0 Å². The molecule has 1 aliphatic carbocycles. The van der Waals surface area contributed by atoms with Crippen molar-refractivity contribution < 1.29 is 9.21 Å². The third-order valence-corrected chi connectivity index (χ3v) is 4.27. The number of thiophene rings is 1. The van der Waals surface area contributed by atoms with Crippen LogP contribution in [-0.4, -0.2) is 23.4 Å². The number of hydrogen-bond acceptors (Lipinski definition) is 4. The number of rotatable bonds is 7. The summed E-state index contributed by atoms with van der Waals surface area (Å²) in [6.45, 7) is 1.77. The number of nitrogens with one attached hydrogen (secondary N) is 1. The fourth-order valence-electron chi connectivity index (χ4n) is 2.20. The fourth-order valence-corrected chi connectivity index (χ4v) is 2.84. The van der Waals surface area contributed by atoms with Crippen LogP contribution in [0.4, 0.5) is 0 Å². The van der Waals surface area contributed by atoms with Crippen molar-refractivity contribution in [2.45, 2.75) is 32.0 Å². The van der Waals surface area contributed by atoms with Gasteiger partial charge in [-0.1, -0.05) is 6.07 Å². The second-order valence-electron chi connectivity index (χ2n) is 5.07. The van der Waals surface area contributed by atoms with Gasteiger partial charge in [0.15, 0.2) is 0 Å². The second-order valence-corrected chi connectivity index (χ2v) is 6.10. The number of carbonyl (C=O) groups is 1. The topological polar surface area (TPSA) is 45.5 Å². The largest absolute Gasteiger partial charge is 0.468 e. The van der Waals surface area contributed by atoms with Crippen LogP contribution in [0.3, 0.4) is 0 Å². The Kier molecular flexibility index (Phi) is 4.18. The highest BCUT2D eigenvalue weighted by Gasteiger charge is 2.30. The van der Waals surface area contributed by atoms with Crippen molar-refractivity contribution in [2.24, 2.45) is 0 Å². The molecule has 1 saturated carbocycles. The molecule has 0 aromatic carbocycles. The zero-order chi connectivity index (χ0) is 13.8. The van der Waals surface area contributed by atoms with Crippen LogP contribution in [-0.2, 0) is 17.9 Å². The van der Waals surface area contributed by atoms with Crippen LogP contribution in [0.1, 0.15) is 23.5 Å². The second kappa shape index (κ2) is 6.24. The molecule has 1 N–H and O–H groups in total. The highest BCUT2D eigenvalue weighted by Crippen LogP contribution is 2.28. The zero-order valence-electron chi connectivity index (χ0n) is 11.2. The van der Waals surface area contributed by atoms with Crippen molar-refractivity contribution in [2.75, 3.05) is 6.54 Å². The van der Waals surface area contributed by atoms with E-state index in [0.29, 0.717) is 25.7 Å². The summed E-state index contributed by atoms with van der Waals surface area (Å²) < 4.78 is 5.37. The first-order valence-electron chi connectivity index (χ1n) is 6.87. The van der Waals surface area contributed by atoms with E-state index in [4.69, 9.17) is 4.42 Å². The van der Waals surface area contributed by atoms with Gasteiger partial charge in [0.25, 0.3) is 0 Å². The average Bonchev–Trinajstić information content (AvgIpc) is 2.94. The first-order chi connectivity index (χ1) is 9.81. The Morgan fingerprint density at radius 1 is 1.40 bits per heavy atom. The van der Waals surface area contributed by atoms with Crippen LogP contribution in [0, 0.1) is 0 Å². The van der Waals surface area contributed by atoms with Gasteiger partial charge in [0, 0.05) is 10.9 Å². The van der Waals surface area contributed by atoms with E-state index >= 15 is 0 Å². The molecule has 2 aromatic rings. The Morgan fingerprint density at radius 2 is 2.30 bits per heavy atom. The highest BCUT2D eigenvalue weighted by atomic mass is 32.1. The molecule has 3 rings (SSSR count). The molecule has 5 heteroatoms. The van der Waals surface area contributed by atoms with E-state index < -0.39 is 0 Å². The molecular weight excluding hydrogens is 272 g/mol. The molecular formula is C15H18N2O2S. The summed E-state index contributed by atoms with van der Waals surface area (Å²) in [6, 6.07) is 8.41. The van der Waals surface area contributed by atoms with Gasteiger partial charge in [0.2, 0.25) is 5.91 Å². The maximum atomic E-state index is 12.0. The maximum absolute atomic E-state index is 12.0. The molecule has 0 bridgehead atoms. The third kappa shape index (κ3) is 3.71. The quantitative estimate of drug-likeness (QED) is 0.852. The molecule has 1 fully saturated rings. The van der Waals surface area contributed by atoms with Crippen LogP contribution in [0.15, 0.2) is 40.3 Å². The normalized spacial score (nSPS) is 14.7. The number of hydrogen-bond donors (Lipinski definition) is 1. The van der Waals surface area contributed by atoms with Crippen LogP contribution < -0.4 is 5.32 Å². The molecule has 0 atom stereocenters. The lowest BCUT2D eigenvalue weighted by molar-refractivity contribution is -0.122. The van der Waals surface area contributed by atoms with E-state index in [1.165, 1.54) is 17.7 Å². The summed E-state index contributed by atoms with van der Waals surface area (Å²) in [5.74, 6) is 1.000. The molecule has 1 amide bonds. The van der Waals surface area contributed by atoms with Gasteiger partial charge in [-0.25, -0.2) is 0 Å². The SMILES string of the molecule is O=C(CN(Cc1ccco1)C1CC1)NCc1cccs1. The Labute approximate surface area is 122 Å². The number of amides is 1. The predicted octanol–water partition coefficient (Wildman–Crippen LogP) is 2.62. The summed E-state index contributed by atoms with van der Waals surface area (Å²) in [6.07, 6.45) is 4.04. The van der Waals surface area contributed by atoms with E-state index in [9.17, 15) is 4.79 Å². The lowest BCUT2D eigenvalue weighted by Gasteiger charge is -2.20. The molecule has 1 aliphatic rings. The van der Waals surface area contributed by atoms with E-state index in [1.807, 2.05) is 29.6 Å². The van der Waals surface area contributed by atoms with Gasteiger partial charge in [-0.05, 0) is 36.4 Å². The van der Waals surface area contributed by atoms with Gasteiger partial charge in [-0.2, -0.15) is 0 Å². The van der Waals surface area contributed by atoms with Gasteiger partial charge < -0.3 is 9.73 Å². The predicted molar refractivity (Wildman–Crippen MR) is 78.3 cm³/mol. The number of nitrogens with zero attached hydrogens (tertiary/aromatic N) is 1. The third-order valence-electron chi connectivity index (χ3n) is 3.39. The van der Waals surface area contributed by atoms with E-state index in [1.54, 1.807) is 17.6 Å². The van der Waals surface area contributed by atoms with Gasteiger partial charge in [0.05, 0.1) is 25.9 Å². The highest BCUT2D eigenvalue weighted by molar-refractivity contribution is 7.09. The number of furan rings is 1. The smallest absolute Gasteiger partial charge is 0.234 e. The van der Waals surface area contributed by atoms with Gasteiger partial charge in [-0.3, -0.25) is 9.69 Å². The lowest BCUT2D eigenvalue weighted by Crippen LogP contribution is -2.37. The van der Waals surface area contributed by atoms with Crippen LogP contribution in [0.2, 0.25) is 0 Å². The Hall–Kier alpha value is -1.59. The lowest BCUT2D eigenvalue weighted by atomic mass is 10.3. The fraction of sp³-hybridized carbons (Fsp3) is 0.400. The van der Waals surface area contributed by atoms with Crippen molar-refractivity contribution in [1.29, 1.82) is 0 Å². The standard InChI is InChI=1S/C15H18N2O2S/c18-15(16-9-14-4-2-8-20-14)11-17(12-5-6-12)10-13-3-1-7-19-13/h1-4,7-8,12H,5-6,9-11H2,(H,16,18). The Bertz CT molecular complexity index is 532. The molecule has 20 heavy (non-hydrogen) atoms. The molecule has 0 radical (unpaired) electrons. The van der Waals surface area contributed by atoms with Crippen molar-refractivity contribution in [3.63, 3.8) is 0 Å². The molecule has 4 nitrogen and oxygen atoms in total. The molecule has 2 aromatic heterocycles. The average molecular weight is 290 g/mol. The summed E-state index contributed by atoms with van der Waals surface area (Å²) in [7, 11) is 0. The van der Waals surface area contributed by atoms with Crippen LogP contribution >= 0.6 is 11.3 Å². The molecule has 106 valence electrons. The molecule has 0 saturated heterocycles. The molecule has 2 heterocycles. The molecule has 0 unspecified atom stereocenters. The monoisotopic (exact) mass is 290 g/mol. The van der Waals surface area contributed by atoms with E-state index in [2.05, 4.69) is 10.2 Å². The summed E-state index contributed by atoms with van der Waals surface area (Å²) >= 11 is 1.66. The van der Waals surface area contributed by atoms with Crippen molar-refractivity contribution in [1.82, 2.24) is 10.2 Å². The van der Waals surface area contributed by atoms with Gasteiger partial charge in [0.1, 0.15) is 5.76 Å². The van der Waals surface area contributed by atoms with Crippen molar-refractivity contribution >= 4 is 17.2 Å².